The molecule has 4 aromatic carbocycles. The van der Waals surface area contributed by atoms with E-state index < -0.39 is 0 Å². The number of carbonyl (C=O) groups is 1. The van der Waals surface area contributed by atoms with Crippen molar-refractivity contribution in [1.82, 2.24) is 9.97 Å². The van der Waals surface area contributed by atoms with E-state index in [-0.39, 0.29) is 5.78 Å². The van der Waals surface area contributed by atoms with Crippen molar-refractivity contribution in [1.29, 1.82) is 0 Å². The van der Waals surface area contributed by atoms with Crippen molar-refractivity contribution < 1.29 is 4.79 Å². The minimum atomic E-state index is 0.00429. The molecule has 0 amide bonds. The van der Waals surface area contributed by atoms with Crippen LogP contribution >= 0.6 is 0 Å². The highest BCUT2D eigenvalue weighted by Gasteiger charge is 2.22. The number of fused-ring (bicyclic) bond motifs is 4. The first-order valence-corrected chi connectivity index (χ1v) is 10.3. The maximum absolute atomic E-state index is 13.9. The van der Waals surface area contributed by atoms with E-state index in [9.17, 15) is 4.79 Å². The number of nitrogens with zero attached hydrogens (tertiary/aromatic N) is 1. The first-order chi connectivity index (χ1) is 15.3. The highest BCUT2D eigenvalue weighted by atomic mass is 16.1. The molecule has 0 atom stereocenters. The van der Waals surface area contributed by atoms with Gasteiger partial charge in [0.1, 0.15) is 0 Å². The molecule has 0 saturated heterocycles. The van der Waals surface area contributed by atoms with Gasteiger partial charge in [0, 0.05) is 50.9 Å². The van der Waals surface area contributed by atoms with Gasteiger partial charge in [-0.3, -0.25) is 9.78 Å². The molecule has 31 heavy (non-hydrogen) atoms. The number of H-pyrrole nitrogens is 1. The maximum Gasteiger partial charge on any atom is 0.194 e. The summed E-state index contributed by atoms with van der Waals surface area (Å²) in [5, 5.41) is 4.10. The Morgan fingerprint density at radius 2 is 1.45 bits per heavy atom. The van der Waals surface area contributed by atoms with Gasteiger partial charge >= 0.3 is 0 Å². The van der Waals surface area contributed by atoms with E-state index in [2.05, 4.69) is 29.2 Å². The SMILES string of the molecule is O=C(c1ccccc1)c1c(-c2c[nH]c3ccccc23)cnc2ccc3ccccc3c12. The Labute approximate surface area is 179 Å². The first-order valence-electron chi connectivity index (χ1n) is 10.3. The molecule has 0 spiro atoms. The summed E-state index contributed by atoms with van der Waals surface area (Å²) in [5.74, 6) is 0.00429. The van der Waals surface area contributed by atoms with Crippen LogP contribution in [0.5, 0.6) is 0 Å². The number of rotatable bonds is 3. The molecule has 2 aromatic heterocycles. The third-order valence-electron chi connectivity index (χ3n) is 5.90. The Morgan fingerprint density at radius 1 is 0.710 bits per heavy atom. The van der Waals surface area contributed by atoms with Crippen LogP contribution in [0.15, 0.2) is 103 Å². The largest absolute Gasteiger partial charge is 0.361 e. The highest BCUT2D eigenvalue weighted by molar-refractivity contribution is 6.25. The Kier molecular flexibility index (Phi) is 3.93. The van der Waals surface area contributed by atoms with Crippen LogP contribution in [0.2, 0.25) is 0 Å². The molecule has 3 nitrogen and oxygen atoms in total. The summed E-state index contributed by atoms with van der Waals surface area (Å²) in [7, 11) is 0. The second-order valence-electron chi connectivity index (χ2n) is 7.67. The molecule has 3 heteroatoms. The average Bonchev–Trinajstić information content (AvgIpc) is 3.27. The lowest BCUT2D eigenvalue weighted by atomic mass is 9.89. The van der Waals surface area contributed by atoms with Crippen LogP contribution in [0.25, 0.3) is 43.7 Å². The smallest absolute Gasteiger partial charge is 0.194 e. The predicted molar refractivity (Wildman–Crippen MR) is 126 cm³/mol. The minimum Gasteiger partial charge on any atom is -0.361 e. The van der Waals surface area contributed by atoms with Crippen LogP contribution in [-0.2, 0) is 0 Å². The Morgan fingerprint density at radius 3 is 2.32 bits per heavy atom. The molecule has 2 heterocycles. The summed E-state index contributed by atoms with van der Waals surface area (Å²) in [6.07, 6.45) is 3.81. The fourth-order valence-electron chi connectivity index (χ4n) is 4.43. The van der Waals surface area contributed by atoms with Crippen LogP contribution in [-0.4, -0.2) is 15.8 Å². The van der Waals surface area contributed by atoms with E-state index in [0.29, 0.717) is 11.1 Å². The zero-order valence-corrected chi connectivity index (χ0v) is 16.7. The van der Waals surface area contributed by atoms with E-state index >= 15 is 0 Å². The standard InChI is InChI=1S/C28H18N2O/c31-28(19-9-2-1-3-10-19)27-23(22-16-29-24-13-7-6-12-21(22)24)17-30-25-15-14-18-8-4-5-11-20(18)26(25)27/h1-17,29H. The third kappa shape index (κ3) is 2.75. The highest BCUT2D eigenvalue weighted by Crippen LogP contribution is 2.37. The van der Waals surface area contributed by atoms with Crippen LogP contribution in [0.1, 0.15) is 15.9 Å². The van der Waals surface area contributed by atoms with Gasteiger partial charge in [-0.05, 0) is 22.9 Å². The van der Waals surface area contributed by atoms with Gasteiger partial charge in [0.25, 0.3) is 0 Å². The van der Waals surface area contributed by atoms with Gasteiger partial charge in [0.2, 0.25) is 0 Å². The van der Waals surface area contributed by atoms with Gasteiger partial charge in [-0.25, -0.2) is 0 Å². The summed E-state index contributed by atoms with van der Waals surface area (Å²) < 4.78 is 0. The molecule has 146 valence electrons. The van der Waals surface area contributed by atoms with E-state index in [1.807, 2.05) is 79.1 Å². The van der Waals surface area contributed by atoms with E-state index in [1.54, 1.807) is 0 Å². The number of carbonyl (C=O) groups excluding carboxylic acids is 1. The van der Waals surface area contributed by atoms with Crippen molar-refractivity contribution in [2.24, 2.45) is 0 Å². The Hall–Kier alpha value is -4.24. The zero-order chi connectivity index (χ0) is 20.8. The van der Waals surface area contributed by atoms with Crippen LogP contribution in [0.4, 0.5) is 0 Å². The van der Waals surface area contributed by atoms with E-state index in [4.69, 9.17) is 4.98 Å². The molecular weight excluding hydrogens is 380 g/mol. The van der Waals surface area contributed by atoms with Crippen molar-refractivity contribution in [3.05, 3.63) is 115 Å². The van der Waals surface area contributed by atoms with Crippen molar-refractivity contribution in [2.75, 3.05) is 0 Å². The van der Waals surface area contributed by atoms with E-state index in [0.717, 1.165) is 43.7 Å². The fraction of sp³-hybridized carbons (Fsp3) is 0. The van der Waals surface area contributed by atoms with Gasteiger partial charge in [-0.1, -0.05) is 78.9 Å². The van der Waals surface area contributed by atoms with Gasteiger partial charge in [0.15, 0.2) is 5.78 Å². The Balaban J connectivity index is 1.77. The summed E-state index contributed by atoms with van der Waals surface area (Å²) in [5.41, 5.74) is 5.05. The van der Waals surface area contributed by atoms with Crippen molar-refractivity contribution in [3.63, 3.8) is 0 Å². The summed E-state index contributed by atoms with van der Waals surface area (Å²) in [6.45, 7) is 0. The molecule has 0 aliphatic heterocycles. The first kappa shape index (κ1) is 17.6. The maximum atomic E-state index is 13.9. The number of aromatic amines is 1. The number of ketones is 1. The lowest BCUT2D eigenvalue weighted by Gasteiger charge is -2.14. The number of hydrogen-bond acceptors (Lipinski definition) is 2. The quantitative estimate of drug-likeness (QED) is 0.264. The molecule has 6 rings (SSSR count). The molecule has 0 aliphatic rings. The van der Waals surface area contributed by atoms with Crippen LogP contribution in [0, 0.1) is 0 Å². The number of benzene rings is 4. The molecular formula is C28H18N2O. The molecule has 0 saturated carbocycles. The molecule has 0 unspecified atom stereocenters. The monoisotopic (exact) mass is 398 g/mol. The van der Waals surface area contributed by atoms with Crippen LogP contribution in [0.3, 0.4) is 0 Å². The number of para-hydroxylation sites is 1. The van der Waals surface area contributed by atoms with Gasteiger partial charge < -0.3 is 4.98 Å². The topological polar surface area (TPSA) is 45.8 Å². The number of nitrogens with one attached hydrogen (secondary N) is 1. The molecule has 0 aliphatic carbocycles. The third-order valence-corrected chi connectivity index (χ3v) is 5.90. The molecule has 0 bridgehead atoms. The fourth-order valence-corrected chi connectivity index (χ4v) is 4.43. The summed E-state index contributed by atoms with van der Waals surface area (Å²) >= 11 is 0. The van der Waals surface area contributed by atoms with Crippen molar-refractivity contribution in [2.45, 2.75) is 0 Å². The predicted octanol–water partition coefficient (Wildman–Crippen LogP) is 6.77. The van der Waals surface area contributed by atoms with Gasteiger partial charge in [-0.2, -0.15) is 0 Å². The Bertz CT molecular complexity index is 1600. The number of pyridine rings is 1. The molecule has 1 N–H and O–H groups in total. The van der Waals surface area contributed by atoms with E-state index in [1.165, 1.54) is 0 Å². The number of hydrogen-bond donors (Lipinski definition) is 1. The molecule has 0 fully saturated rings. The zero-order valence-electron chi connectivity index (χ0n) is 16.7. The van der Waals surface area contributed by atoms with Crippen molar-refractivity contribution >= 4 is 38.4 Å². The van der Waals surface area contributed by atoms with Gasteiger partial charge in [0.05, 0.1) is 5.52 Å². The average molecular weight is 398 g/mol. The van der Waals surface area contributed by atoms with Crippen molar-refractivity contribution in [3.8, 4) is 11.1 Å². The minimum absolute atomic E-state index is 0.00429. The molecule has 0 radical (unpaired) electrons. The van der Waals surface area contributed by atoms with Gasteiger partial charge in [-0.15, -0.1) is 0 Å². The summed E-state index contributed by atoms with van der Waals surface area (Å²) in [4.78, 5) is 22.0. The summed E-state index contributed by atoms with van der Waals surface area (Å²) in [6, 6.07) is 29.9. The van der Waals surface area contributed by atoms with Crippen LogP contribution < -0.4 is 0 Å². The lowest BCUT2D eigenvalue weighted by molar-refractivity contribution is 0.104. The molecule has 6 aromatic rings. The normalized spacial score (nSPS) is 11.4. The second kappa shape index (κ2) is 6.92. The lowest BCUT2D eigenvalue weighted by Crippen LogP contribution is -2.06. The number of aromatic nitrogens is 2. The second-order valence-corrected chi connectivity index (χ2v) is 7.67.